The van der Waals surface area contributed by atoms with Crippen molar-refractivity contribution in [2.45, 2.75) is 71.1 Å². The predicted octanol–water partition coefficient (Wildman–Crippen LogP) is 8.08. The van der Waals surface area contributed by atoms with Crippen molar-refractivity contribution in [1.29, 1.82) is 0 Å². The van der Waals surface area contributed by atoms with E-state index in [0.29, 0.717) is 0 Å². The second kappa shape index (κ2) is 13.7. The van der Waals surface area contributed by atoms with Crippen molar-refractivity contribution in [3.63, 3.8) is 0 Å². The van der Waals surface area contributed by atoms with E-state index in [1.54, 1.807) is 12.1 Å². The summed E-state index contributed by atoms with van der Waals surface area (Å²) in [4.78, 5) is 10.4. The summed E-state index contributed by atoms with van der Waals surface area (Å²) in [6.45, 7) is 3.01. The molecule has 7 heteroatoms. The minimum Gasteiger partial charge on any atom is -0.494 e. The molecular weight excluding hydrogens is 434 g/mol. The van der Waals surface area contributed by atoms with Gasteiger partial charge in [0.2, 0.25) is 0 Å². The van der Waals surface area contributed by atoms with Crippen LogP contribution in [0.15, 0.2) is 48.5 Å². The SMILES string of the molecule is CCCCCCCCCCCCOc1ccc(-c2nnc(-c3ccc([N+](=O)[O-])cc3)s2)cc1. The third kappa shape index (κ3) is 8.24. The lowest BCUT2D eigenvalue weighted by atomic mass is 10.1. The Morgan fingerprint density at radius 2 is 1.24 bits per heavy atom. The van der Waals surface area contributed by atoms with Gasteiger partial charge in [-0.1, -0.05) is 76.0 Å². The number of benzene rings is 2. The fraction of sp³-hybridized carbons (Fsp3) is 0.462. The highest BCUT2D eigenvalue weighted by molar-refractivity contribution is 7.17. The summed E-state index contributed by atoms with van der Waals surface area (Å²) in [5.41, 5.74) is 1.87. The average Bonchev–Trinajstić information content (AvgIpc) is 3.33. The Balaban J connectivity index is 1.37. The van der Waals surface area contributed by atoms with Crippen molar-refractivity contribution in [3.8, 4) is 26.9 Å². The highest BCUT2D eigenvalue weighted by atomic mass is 32.1. The van der Waals surface area contributed by atoms with Gasteiger partial charge in [-0.15, -0.1) is 10.2 Å². The molecule has 1 heterocycles. The van der Waals surface area contributed by atoms with Crippen LogP contribution >= 0.6 is 11.3 Å². The second-order valence-corrected chi connectivity index (χ2v) is 9.25. The molecule has 176 valence electrons. The molecule has 0 atom stereocenters. The molecule has 0 aliphatic carbocycles. The second-order valence-electron chi connectivity index (χ2n) is 8.27. The smallest absolute Gasteiger partial charge is 0.269 e. The summed E-state index contributed by atoms with van der Waals surface area (Å²) >= 11 is 1.46. The molecule has 33 heavy (non-hydrogen) atoms. The van der Waals surface area contributed by atoms with Crippen molar-refractivity contribution in [3.05, 3.63) is 58.6 Å². The standard InChI is InChI=1S/C26H33N3O3S/c1-2-3-4-5-6-7-8-9-10-11-20-32-24-18-14-22(15-19-24)26-28-27-25(33-26)21-12-16-23(17-13-21)29(30)31/h12-19H,2-11,20H2,1H3. The van der Waals surface area contributed by atoms with Gasteiger partial charge in [0.25, 0.3) is 5.69 Å². The molecule has 0 aliphatic heterocycles. The van der Waals surface area contributed by atoms with E-state index in [-0.39, 0.29) is 5.69 Å². The number of nitro groups is 1. The predicted molar refractivity (Wildman–Crippen MR) is 135 cm³/mol. The quantitative estimate of drug-likeness (QED) is 0.128. The third-order valence-electron chi connectivity index (χ3n) is 5.62. The van der Waals surface area contributed by atoms with Gasteiger partial charge in [-0.05, 0) is 42.8 Å². The maximum atomic E-state index is 10.8. The van der Waals surface area contributed by atoms with Crippen LogP contribution in [0.3, 0.4) is 0 Å². The normalized spacial score (nSPS) is 10.9. The summed E-state index contributed by atoms with van der Waals surface area (Å²) in [5, 5.41) is 20.9. The molecule has 6 nitrogen and oxygen atoms in total. The van der Waals surface area contributed by atoms with Gasteiger partial charge in [-0.3, -0.25) is 10.1 Å². The first-order valence-electron chi connectivity index (χ1n) is 12.0. The molecule has 0 radical (unpaired) electrons. The van der Waals surface area contributed by atoms with E-state index >= 15 is 0 Å². The molecule has 0 fully saturated rings. The van der Waals surface area contributed by atoms with Crippen molar-refractivity contribution in [1.82, 2.24) is 10.2 Å². The minimum atomic E-state index is -0.407. The number of nitro benzene ring substituents is 1. The van der Waals surface area contributed by atoms with Crippen molar-refractivity contribution >= 4 is 17.0 Å². The lowest BCUT2D eigenvalue weighted by molar-refractivity contribution is -0.384. The van der Waals surface area contributed by atoms with Crippen molar-refractivity contribution < 1.29 is 9.66 Å². The molecular formula is C26H33N3O3S. The van der Waals surface area contributed by atoms with Crippen LogP contribution in [0.1, 0.15) is 71.1 Å². The zero-order valence-corrected chi connectivity index (χ0v) is 20.2. The van der Waals surface area contributed by atoms with E-state index in [1.807, 2.05) is 24.3 Å². The Morgan fingerprint density at radius 1 is 0.758 bits per heavy atom. The van der Waals surface area contributed by atoms with Crippen LogP contribution in [-0.2, 0) is 0 Å². The van der Waals surface area contributed by atoms with Crippen LogP contribution in [-0.4, -0.2) is 21.7 Å². The lowest BCUT2D eigenvalue weighted by Gasteiger charge is -2.07. The third-order valence-corrected chi connectivity index (χ3v) is 6.64. The van der Waals surface area contributed by atoms with Gasteiger partial charge in [0.05, 0.1) is 11.5 Å². The summed E-state index contributed by atoms with van der Waals surface area (Å²) < 4.78 is 5.89. The molecule has 3 aromatic rings. The van der Waals surface area contributed by atoms with E-state index in [1.165, 1.54) is 81.3 Å². The Hall–Kier alpha value is -2.80. The minimum absolute atomic E-state index is 0.0666. The number of aromatic nitrogens is 2. The number of unbranched alkanes of at least 4 members (excludes halogenated alkanes) is 9. The molecule has 0 bridgehead atoms. The lowest BCUT2D eigenvalue weighted by Crippen LogP contribution is -1.97. The number of nitrogens with zero attached hydrogens (tertiary/aromatic N) is 3. The van der Waals surface area contributed by atoms with Gasteiger partial charge in [-0.2, -0.15) is 0 Å². The van der Waals surface area contributed by atoms with Gasteiger partial charge in [-0.25, -0.2) is 0 Å². The molecule has 0 amide bonds. The van der Waals surface area contributed by atoms with E-state index in [0.717, 1.165) is 39.9 Å². The monoisotopic (exact) mass is 467 g/mol. The van der Waals surface area contributed by atoms with E-state index in [4.69, 9.17) is 4.74 Å². The maximum absolute atomic E-state index is 10.8. The molecule has 0 saturated carbocycles. The van der Waals surface area contributed by atoms with Crippen LogP contribution in [0.2, 0.25) is 0 Å². The number of ether oxygens (including phenoxy) is 1. The zero-order chi connectivity index (χ0) is 23.3. The van der Waals surface area contributed by atoms with Crippen LogP contribution in [0.4, 0.5) is 5.69 Å². The van der Waals surface area contributed by atoms with Crippen LogP contribution in [0.5, 0.6) is 5.75 Å². The molecule has 0 aliphatic rings. The van der Waals surface area contributed by atoms with E-state index < -0.39 is 4.92 Å². The fourth-order valence-electron chi connectivity index (χ4n) is 3.66. The molecule has 1 aromatic heterocycles. The number of non-ortho nitro benzene ring substituents is 1. The summed E-state index contributed by atoms with van der Waals surface area (Å²) in [7, 11) is 0. The van der Waals surface area contributed by atoms with Gasteiger partial charge in [0.1, 0.15) is 15.8 Å². The largest absolute Gasteiger partial charge is 0.494 e. The number of rotatable bonds is 15. The van der Waals surface area contributed by atoms with Gasteiger partial charge in [0.15, 0.2) is 0 Å². The summed E-state index contributed by atoms with van der Waals surface area (Å²) in [6.07, 6.45) is 13.2. The topological polar surface area (TPSA) is 78.2 Å². The molecule has 0 saturated heterocycles. The first kappa shape index (κ1) is 24.8. The van der Waals surface area contributed by atoms with Crippen LogP contribution < -0.4 is 4.74 Å². The molecule has 0 spiro atoms. The Labute approximate surface area is 200 Å². The fourth-order valence-corrected chi connectivity index (χ4v) is 4.51. The van der Waals surface area contributed by atoms with Crippen LogP contribution in [0, 0.1) is 10.1 Å². The summed E-state index contributed by atoms with van der Waals surface area (Å²) in [5.74, 6) is 0.870. The first-order valence-corrected chi connectivity index (χ1v) is 12.8. The Morgan fingerprint density at radius 3 is 1.76 bits per heavy atom. The van der Waals surface area contributed by atoms with Crippen molar-refractivity contribution in [2.24, 2.45) is 0 Å². The highest BCUT2D eigenvalue weighted by Crippen LogP contribution is 2.31. The molecule has 0 N–H and O–H groups in total. The molecule has 2 aromatic carbocycles. The first-order chi connectivity index (χ1) is 16.2. The number of hydrogen-bond donors (Lipinski definition) is 0. The van der Waals surface area contributed by atoms with E-state index in [9.17, 15) is 10.1 Å². The zero-order valence-electron chi connectivity index (χ0n) is 19.4. The highest BCUT2D eigenvalue weighted by Gasteiger charge is 2.11. The Kier molecular flexibility index (Phi) is 10.3. The summed E-state index contributed by atoms with van der Waals surface area (Å²) in [6, 6.07) is 14.3. The molecule has 0 unspecified atom stereocenters. The van der Waals surface area contributed by atoms with E-state index in [2.05, 4.69) is 17.1 Å². The van der Waals surface area contributed by atoms with Gasteiger partial charge < -0.3 is 4.74 Å². The molecule has 3 rings (SSSR count). The Bertz CT molecular complexity index is 971. The van der Waals surface area contributed by atoms with Gasteiger partial charge in [0, 0.05) is 23.3 Å². The maximum Gasteiger partial charge on any atom is 0.269 e. The number of hydrogen-bond acceptors (Lipinski definition) is 6. The van der Waals surface area contributed by atoms with Crippen LogP contribution in [0.25, 0.3) is 21.1 Å². The average molecular weight is 468 g/mol. The van der Waals surface area contributed by atoms with Crippen molar-refractivity contribution in [2.75, 3.05) is 6.61 Å². The van der Waals surface area contributed by atoms with Gasteiger partial charge >= 0.3 is 0 Å².